The van der Waals surface area contributed by atoms with Gasteiger partial charge in [0.1, 0.15) is 6.04 Å². The van der Waals surface area contributed by atoms with Crippen LogP contribution in [0.5, 0.6) is 0 Å². The van der Waals surface area contributed by atoms with Gasteiger partial charge in [-0.15, -0.1) is 0 Å². The second-order valence-electron chi connectivity index (χ2n) is 7.74. The molecule has 0 radical (unpaired) electrons. The summed E-state index contributed by atoms with van der Waals surface area (Å²) in [5, 5.41) is 11.8. The molecular weight excluding hydrogens is 340 g/mol. The van der Waals surface area contributed by atoms with Gasteiger partial charge in [-0.1, -0.05) is 84.0 Å². The molecule has 4 N–H and O–H groups in total. The summed E-state index contributed by atoms with van der Waals surface area (Å²) in [5.74, 6) is -1.09. The summed E-state index contributed by atoms with van der Waals surface area (Å²) < 4.78 is 0. The molecule has 0 aliphatic heterocycles. The van der Waals surface area contributed by atoms with E-state index >= 15 is 0 Å². The van der Waals surface area contributed by atoms with Gasteiger partial charge < -0.3 is 16.2 Å². The van der Waals surface area contributed by atoms with Gasteiger partial charge >= 0.3 is 5.97 Å². The van der Waals surface area contributed by atoms with Gasteiger partial charge in [0.15, 0.2) is 0 Å². The molecule has 0 saturated heterocycles. The smallest absolute Gasteiger partial charge is 0.326 e. The Balaban J connectivity index is 3.47. The molecule has 1 amide bonds. The quantitative estimate of drug-likeness (QED) is 0.253. The fourth-order valence-electron chi connectivity index (χ4n) is 3.32. The van der Waals surface area contributed by atoms with E-state index in [4.69, 9.17) is 10.8 Å². The van der Waals surface area contributed by atoms with Gasteiger partial charge in [0, 0.05) is 6.42 Å². The predicted octanol–water partition coefficient (Wildman–Crippen LogP) is 5.17. The van der Waals surface area contributed by atoms with Crippen LogP contribution in [0.2, 0.25) is 0 Å². The van der Waals surface area contributed by atoms with Gasteiger partial charge in [0.2, 0.25) is 5.91 Å². The van der Waals surface area contributed by atoms with Crippen LogP contribution < -0.4 is 11.1 Å². The maximum absolute atomic E-state index is 11.9. The van der Waals surface area contributed by atoms with E-state index in [1.54, 1.807) is 0 Å². The highest BCUT2D eigenvalue weighted by Crippen LogP contribution is 2.13. The molecule has 1 atom stereocenters. The van der Waals surface area contributed by atoms with Gasteiger partial charge in [-0.05, 0) is 32.2 Å². The number of carbonyl (C=O) groups excluding carboxylic acids is 1. The molecule has 5 nitrogen and oxygen atoms in total. The fourth-order valence-corrected chi connectivity index (χ4v) is 3.32. The van der Waals surface area contributed by atoms with Crippen molar-refractivity contribution in [3.63, 3.8) is 0 Å². The number of nitrogens with one attached hydrogen (secondary N) is 1. The van der Waals surface area contributed by atoms with Crippen molar-refractivity contribution in [2.45, 2.75) is 122 Å². The Labute approximate surface area is 166 Å². The number of carboxylic acid groups (broad SMARTS) is 1. The standard InChI is InChI=1S/C22H44N2O3/c1-2-3-4-5-6-7-8-9-10-11-12-13-14-18-21(25)24-20(22(26)27)17-15-16-19-23/h20H,2-19,23H2,1H3,(H,24,25)(H,26,27)/t20-/m1/s1. The van der Waals surface area contributed by atoms with Crippen LogP contribution in [0.15, 0.2) is 0 Å². The van der Waals surface area contributed by atoms with Crippen LogP contribution in [0.25, 0.3) is 0 Å². The van der Waals surface area contributed by atoms with E-state index < -0.39 is 12.0 Å². The van der Waals surface area contributed by atoms with Gasteiger partial charge in [-0.2, -0.15) is 0 Å². The second-order valence-corrected chi connectivity index (χ2v) is 7.74. The average molecular weight is 385 g/mol. The molecule has 5 heteroatoms. The molecule has 0 aromatic rings. The van der Waals surface area contributed by atoms with E-state index in [-0.39, 0.29) is 5.91 Å². The van der Waals surface area contributed by atoms with E-state index in [0.717, 1.165) is 25.7 Å². The van der Waals surface area contributed by atoms with Crippen LogP contribution in [0.4, 0.5) is 0 Å². The summed E-state index contributed by atoms with van der Waals surface area (Å²) in [6, 6.07) is -0.772. The third-order valence-corrected chi connectivity index (χ3v) is 5.09. The third-order valence-electron chi connectivity index (χ3n) is 5.09. The van der Waals surface area contributed by atoms with E-state index in [0.29, 0.717) is 19.4 Å². The minimum absolute atomic E-state index is 0.141. The molecule has 0 aliphatic rings. The van der Waals surface area contributed by atoms with Crippen molar-refractivity contribution in [2.24, 2.45) is 5.73 Å². The molecule has 0 heterocycles. The zero-order chi connectivity index (χ0) is 20.2. The highest BCUT2D eigenvalue weighted by atomic mass is 16.4. The molecule has 0 unspecified atom stereocenters. The molecular formula is C22H44N2O3. The Bertz CT molecular complexity index is 361. The number of amides is 1. The Morgan fingerprint density at radius 2 is 1.26 bits per heavy atom. The number of carbonyl (C=O) groups is 2. The van der Waals surface area contributed by atoms with Crippen molar-refractivity contribution in [2.75, 3.05) is 6.54 Å². The number of hydrogen-bond donors (Lipinski definition) is 3. The lowest BCUT2D eigenvalue weighted by molar-refractivity contribution is -0.142. The molecule has 160 valence electrons. The summed E-state index contributed by atoms with van der Waals surface area (Å²) in [6.45, 7) is 2.81. The van der Waals surface area contributed by atoms with E-state index in [9.17, 15) is 9.59 Å². The summed E-state index contributed by atoms with van der Waals surface area (Å²) in [4.78, 5) is 23.1. The number of carboxylic acids is 1. The van der Waals surface area contributed by atoms with Crippen molar-refractivity contribution in [3.05, 3.63) is 0 Å². The zero-order valence-corrected chi connectivity index (χ0v) is 17.6. The molecule has 0 fully saturated rings. The predicted molar refractivity (Wildman–Crippen MR) is 113 cm³/mol. The number of nitrogens with two attached hydrogens (primary N) is 1. The zero-order valence-electron chi connectivity index (χ0n) is 17.6. The Kier molecular flexibility index (Phi) is 18.9. The largest absolute Gasteiger partial charge is 0.480 e. The summed E-state index contributed by atoms with van der Waals surface area (Å²) in [7, 11) is 0. The Hall–Kier alpha value is -1.10. The van der Waals surface area contributed by atoms with Crippen LogP contribution in [0.3, 0.4) is 0 Å². The number of unbranched alkanes of at least 4 members (excludes halogenated alkanes) is 13. The molecule has 0 aromatic heterocycles. The second kappa shape index (κ2) is 19.7. The summed E-state index contributed by atoms with van der Waals surface area (Å²) in [6.07, 6.45) is 18.9. The Morgan fingerprint density at radius 3 is 1.70 bits per heavy atom. The van der Waals surface area contributed by atoms with Crippen LogP contribution in [0.1, 0.15) is 116 Å². The number of hydrogen-bond acceptors (Lipinski definition) is 3. The van der Waals surface area contributed by atoms with Crippen molar-refractivity contribution >= 4 is 11.9 Å². The van der Waals surface area contributed by atoms with Crippen LogP contribution in [0, 0.1) is 0 Å². The normalized spacial score (nSPS) is 12.1. The van der Waals surface area contributed by atoms with Gasteiger partial charge in [-0.3, -0.25) is 4.79 Å². The SMILES string of the molecule is CCCCCCCCCCCCCCCC(=O)N[C@H](CCCCN)C(=O)O. The van der Waals surface area contributed by atoms with Crippen molar-refractivity contribution in [3.8, 4) is 0 Å². The first-order chi connectivity index (χ1) is 13.1. The Morgan fingerprint density at radius 1 is 0.778 bits per heavy atom. The first kappa shape index (κ1) is 25.9. The fraction of sp³-hybridized carbons (Fsp3) is 0.909. The van der Waals surface area contributed by atoms with Gasteiger partial charge in [0.25, 0.3) is 0 Å². The molecule has 27 heavy (non-hydrogen) atoms. The van der Waals surface area contributed by atoms with E-state index in [1.165, 1.54) is 70.6 Å². The minimum Gasteiger partial charge on any atom is -0.480 e. The minimum atomic E-state index is -0.953. The molecule has 0 rings (SSSR count). The molecule has 0 bridgehead atoms. The van der Waals surface area contributed by atoms with Crippen molar-refractivity contribution in [1.29, 1.82) is 0 Å². The first-order valence-corrected chi connectivity index (χ1v) is 11.3. The highest BCUT2D eigenvalue weighted by Gasteiger charge is 2.18. The lowest BCUT2D eigenvalue weighted by Gasteiger charge is -2.14. The van der Waals surface area contributed by atoms with E-state index in [2.05, 4.69) is 12.2 Å². The van der Waals surface area contributed by atoms with Crippen molar-refractivity contribution in [1.82, 2.24) is 5.32 Å². The average Bonchev–Trinajstić information content (AvgIpc) is 2.64. The monoisotopic (exact) mass is 384 g/mol. The van der Waals surface area contributed by atoms with Gasteiger partial charge in [-0.25, -0.2) is 4.79 Å². The lowest BCUT2D eigenvalue weighted by atomic mass is 10.0. The highest BCUT2D eigenvalue weighted by molar-refractivity contribution is 5.83. The van der Waals surface area contributed by atoms with Crippen molar-refractivity contribution < 1.29 is 14.7 Å². The van der Waals surface area contributed by atoms with Crippen LogP contribution in [-0.4, -0.2) is 29.6 Å². The molecule has 0 aliphatic carbocycles. The summed E-state index contributed by atoms with van der Waals surface area (Å²) in [5.41, 5.74) is 5.42. The topological polar surface area (TPSA) is 92.4 Å². The van der Waals surface area contributed by atoms with Crippen LogP contribution in [-0.2, 0) is 9.59 Å². The molecule has 0 saturated carbocycles. The maximum Gasteiger partial charge on any atom is 0.326 e. The third kappa shape index (κ3) is 18.0. The lowest BCUT2D eigenvalue weighted by Crippen LogP contribution is -2.40. The number of rotatable bonds is 20. The number of aliphatic carboxylic acids is 1. The van der Waals surface area contributed by atoms with Crippen LogP contribution >= 0.6 is 0 Å². The summed E-state index contributed by atoms with van der Waals surface area (Å²) >= 11 is 0. The molecule has 0 spiro atoms. The first-order valence-electron chi connectivity index (χ1n) is 11.3. The maximum atomic E-state index is 11.9. The van der Waals surface area contributed by atoms with E-state index in [1.807, 2.05) is 0 Å². The molecule has 0 aromatic carbocycles. The van der Waals surface area contributed by atoms with Gasteiger partial charge in [0.05, 0.1) is 0 Å².